The fourth-order valence-electron chi connectivity index (χ4n) is 6.08. The van der Waals surface area contributed by atoms with Gasteiger partial charge in [0.05, 0.1) is 6.04 Å². The van der Waals surface area contributed by atoms with Gasteiger partial charge in [-0.2, -0.15) is 0 Å². The van der Waals surface area contributed by atoms with Gasteiger partial charge in [0.25, 0.3) is 0 Å². The van der Waals surface area contributed by atoms with Crippen LogP contribution in [0.1, 0.15) is 186 Å². The van der Waals surface area contributed by atoms with Gasteiger partial charge in [-0.25, -0.2) is 0 Å². The lowest BCUT2D eigenvalue weighted by molar-refractivity contribution is -0.116. The fourth-order valence-corrected chi connectivity index (χ4v) is 6.08. The molecule has 1 amide bonds. The van der Waals surface area contributed by atoms with Crippen LogP contribution in [0, 0.1) is 0 Å². The Morgan fingerprint density at radius 3 is 1.18 bits per heavy atom. The minimum atomic E-state index is 0.0316. The van der Waals surface area contributed by atoms with E-state index in [0.717, 1.165) is 37.8 Å². The Morgan fingerprint density at radius 2 is 0.800 bits per heavy atom. The summed E-state index contributed by atoms with van der Waals surface area (Å²) in [4.78, 5) is 12.2. The Labute approximate surface area is 279 Å². The van der Waals surface area contributed by atoms with Crippen molar-refractivity contribution in [2.45, 2.75) is 198 Å². The van der Waals surface area contributed by atoms with Gasteiger partial charge in [0, 0.05) is 25.0 Å². The molecule has 1 aliphatic rings. The zero-order valence-electron chi connectivity index (χ0n) is 29.4. The number of carbonyl (C=O) groups excluding carboxylic acids is 1. The molecule has 0 saturated heterocycles. The van der Waals surface area contributed by atoms with Gasteiger partial charge < -0.3 is 20.8 Å². The largest absolute Gasteiger partial charge is 0.396 e. The van der Waals surface area contributed by atoms with Gasteiger partial charge in [-0.1, -0.05) is 160 Å². The summed E-state index contributed by atoms with van der Waals surface area (Å²) in [5.74, 6) is 0.0316. The third-order valence-corrected chi connectivity index (χ3v) is 9.13. The number of allylic oxidation sites excluding steroid dienone is 3. The number of hydrogen-bond acceptors (Lipinski definition) is 4. The molecule has 1 saturated carbocycles. The van der Waals surface area contributed by atoms with E-state index in [4.69, 9.17) is 10.2 Å². The zero-order valence-corrected chi connectivity index (χ0v) is 29.4. The molecule has 1 rings (SSSR count). The number of rotatable bonds is 35. The molecule has 0 bridgehead atoms. The average molecular weight is 631 g/mol. The van der Waals surface area contributed by atoms with Gasteiger partial charge in [-0.05, 0) is 57.1 Å². The van der Waals surface area contributed by atoms with Crippen LogP contribution in [0.4, 0.5) is 0 Å². The Bertz CT molecular complexity index is 675. The highest BCUT2D eigenvalue weighted by molar-refractivity contribution is 5.88. The summed E-state index contributed by atoms with van der Waals surface area (Å²) >= 11 is 0. The van der Waals surface area contributed by atoms with Crippen molar-refractivity contribution >= 4 is 5.91 Å². The second-order valence-electron chi connectivity index (χ2n) is 13.6. The Kier molecular flexibility index (Phi) is 29.8. The molecule has 0 aliphatic heterocycles. The molecule has 0 spiro atoms. The van der Waals surface area contributed by atoms with E-state index in [1.807, 2.05) is 6.08 Å². The smallest absolute Gasteiger partial charge is 0.243 e. The lowest BCUT2D eigenvalue weighted by Gasteiger charge is -2.06. The van der Waals surface area contributed by atoms with Gasteiger partial charge in [-0.15, -0.1) is 0 Å². The monoisotopic (exact) mass is 631 g/mol. The van der Waals surface area contributed by atoms with Crippen molar-refractivity contribution in [1.29, 1.82) is 0 Å². The summed E-state index contributed by atoms with van der Waals surface area (Å²) in [7, 11) is 0. The molecular formula is C40H74N2O3. The maximum Gasteiger partial charge on any atom is 0.243 e. The standard InChI is InChI=1S/C40H74N2O3/c1-37(32-28-24-20-16-12-8-4-2-6-10-14-18-22-26-30-34-43)41-38-36-39(38)42-40(45)33-29-25-21-17-13-9-5-3-7-11-15-19-23-27-31-35-44/h28-29,32-33,38-39,41,43-44H,1-27,30-31,34-36H2,(H,42,45)/b32-28+,33-29+/t38-,39+/m1/s1. The van der Waals surface area contributed by atoms with Crippen molar-refractivity contribution < 1.29 is 15.0 Å². The van der Waals surface area contributed by atoms with Crippen LogP contribution in [0.3, 0.4) is 0 Å². The van der Waals surface area contributed by atoms with Crippen LogP contribution in [-0.2, 0) is 4.79 Å². The van der Waals surface area contributed by atoms with E-state index in [2.05, 4.69) is 29.4 Å². The highest BCUT2D eigenvalue weighted by Crippen LogP contribution is 2.22. The van der Waals surface area contributed by atoms with E-state index < -0.39 is 0 Å². The maximum atomic E-state index is 12.2. The predicted molar refractivity (Wildman–Crippen MR) is 194 cm³/mol. The number of aliphatic hydroxyl groups excluding tert-OH is 2. The van der Waals surface area contributed by atoms with Crippen LogP contribution in [-0.4, -0.2) is 41.4 Å². The number of unbranched alkanes of at least 4 members (excludes halogenated alkanes) is 26. The first-order valence-corrected chi connectivity index (χ1v) is 19.5. The maximum absolute atomic E-state index is 12.2. The quantitative estimate of drug-likeness (QED) is 0.0319. The third-order valence-electron chi connectivity index (χ3n) is 9.13. The SMILES string of the molecule is C=C(/C=C/CCCCCCCCCCCCCCCO)N[C@@H]1C[C@@H]1NC(=O)/C=C/CCCCCCCCCCCCCCCO. The average Bonchev–Trinajstić information content (AvgIpc) is 3.76. The van der Waals surface area contributed by atoms with Crippen molar-refractivity contribution in [3.8, 4) is 0 Å². The van der Waals surface area contributed by atoms with Crippen molar-refractivity contribution in [2.75, 3.05) is 13.2 Å². The molecule has 5 nitrogen and oxygen atoms in total. The van der Waals surface area contributed by atoms with Crippen molar-refractivity contribution in [1.82, 2.24) is 10.6 Å². The molecule has 0 aromatic rings. The molecule has 0 aromatic heterocycles. The number of hydrogen-bond donors (Lipinski definition) is 4. The van der Waals surface area contributed by atoms with E-state index in [1.54, 1.807) is 6.08 Å². The summed E-state index contributed by atoms with van der Waals surface area (Å²) in [6.07, 6.45) is 44.8. The molecule has 0 radical (unpaired) electrons. The first-order chi connectivity index (χ1) is 22.2. The molecular weight excluding hydrogens is 556 g/mol. The molecule has 1 fully saturated rings. The third kappa shape index (κ3) is 29.6. The second-order valence-corrected chi connectivity index (χ2v) is 13.6. The van der Waals surface area contributed by atoms with Crippen molar-refractivity contribution in [2.24, 2.45) is 0 Å². The highest BCUT2D eigenvalue weighted by Gasteiger charge is 2.37. The van der Waals surface area contributed by atoms with E-state index in [9.17, 15) is 4.79 Å². The topological polar surface area (TPSA) is 81.6 Å². The molecule has 45 heavy (non-hydrogen) atoms. The number of carbonyl (C=O) groups is 1. The van der Waals surface area contributed by atoms with Crippen molar-refractivity contribution in [3.05, 3.63) is 36.6 Å². The Morgan fingerprint density at radius 1 is 0.489 bits per heavy atom. The van der Waals surface area contributed by atoms with E-state index >= 15 is 0 Å². The van der Waals surface area contributed by atoms with Gasteiger partial charge in [0.2, 0.25) is 5.91 Å². The highest BCUT2D eigenvalue weighted by atomic mass is 16.3. The van der Waals surface area contributed by atoms with Crippen LogP contribution < -0.4 is 10.6 Å². The van der Waals surface area contributed by atoms with Crippen LogP contribution in [0.25, 0.3) is 0 Å². The number of aliphatic hydroxyl groups is 2. The molecule has 5 heteroatoms. The predicted octanol–water partition coefficient (Wildman–Crippen LogP) is 10.4. The summed E-state index contributed by atoms with van der Waals surface area (Å²) in [6.45, 7) is 4.83. The van der Waals surface area contributed by atoms with Crippen LogP contribution in [0.15, 0.2) is 36.6 Å². The second kappa shape index (κ2) is 32.4. The van der Waals surface area contributed by atoms with Gasteiger partial charge >= 0.3 is 0 Å². The Hall–Kier alpha value is -1.59. The first-order valence-electron chi connectivity index (χ1n) is 19.5. The van der Waals surface area contributed by atoms with Gasteiger partial charge in [0.1, 0.15) is 0 Å². The van der Waals surface area contributed by atoms with Crippen LogP contribution in [0.5, 0.6) is 0 Å². The number of nitrogens with one attached hydrogen (secondary N) is 2. The zero-order chi connectivity index (χ0) is 32.5. The number of amides is 1. The van der Waals surface area contributed by atoms with Crippen LogP contribution >= 0.6 is 0 Å². The normalized spacial score (nSPS) is 16.1. The molecule has 0 unspecified atom stereocenters. The lowest BCUT2D eigenvalue weighted by Crippen LogP contribution is -2.30. The van der Waals surface area contributed by atoms with Crippen molar-refractivity contribution in [3.63, 3.8) is 0 Å². The lowest BCUT2D eigenvalue weighted by atomic mass is 10.0. The summed E-state index contributed by atoms with van der Waals surface area (Å²) in [6, 6.07) is 0.526. The first kappa shape index (κ1) is 41.4. The van der Waals surface area contributed by atoms with E-state index in [0.29, 0.717) is 19.3 Å². The van der Waals surface area contributed by atoms with Gasteiger partial charge in [-0.3, -0.25) is 4.79 Å². The minimum absolute atomic E-state index is 0.0316. The molecule has 1 aliphatic carbocycles. The molecule has 262 valence electrons. The molecule has 2 atom stereocenters. The summed E-state index contributed by atoms with van der Waals surface area (Å²) in [5, 5.41) is 24.2. The minimum Gasteiger partial charge on any atom is -0.396 e. The summed E-state index contributed by atoms with van der Waals surface area (Å²) < 4.78 is 0. The fraction of sp³-hybridized carbons (Fsp3) is 0.825. The Balaban J connectivity index is 1.84. The van der Waals surface area contributed by atoms with E-state index in [-0.39, 0.29) is 11.9 Å². The van der Waals surface area contributed by atoms with Gasteiger partial charge in [0.15, 0.2) is 0 Å². The van der Waals surface area contributed by atoms with E-state index in [1.165, 1.54) is 154 Å². The molecule has 0 aromatic carbocycles. The molecule has 0 heterocycles. The summed E-state index contributed by atoms with van der Waals surface area (Å²) in [5.41, 5.74) is 0.950. The van der Waals surface area contributed by atoms with Crippen LogP contribution in [0.2, 0.25) is 0 Å². The molecule has 4 N–H and O–H groups in total.